The molecule has 0 spiro atoms. The van der Waals surface area contributed by atoms with Gasteiger partial charge in [-0.15, -0.1) is 0 Å². The molecule has 0 atom stereocenters. The Hall–Kier alpha value is -2.12. The summed E-state index contributed by atoms with van der Waals surface area (Å²) in [6.07, 6.45) is 1.37. The van der Waals surface area contributed by atoms with E-state index >= 15 is 0 Å². The van der Waals surface area contributed by atoms with E-state index in [1.807, 2.05) is 0 Å². The first-order valence-corrected chi connectivity index (χ1v) is 9.07. The number of carbonyl (C=O) groups is 1. The molecule has 1 N–H and O–H groups in total. The zero-order chi connectivity index (χ0) is 16.3. The van der Waals surface area contributed by atoms with Crippen molar-refractivity contribution in [2.75, 3.05) is 26.2 Å². The molecule has 3 rings (SSSR count). The fourth-order valence-corrected chi connectivity index (χ4v) is 3.94. The van der Waals surface area contributed by atoms with Gasteiger partial charge in [0.25, 0.3) is 5.91 Å². The molecule has 23 heavy (non-hydrogen) atoms. The number of sulfone groups is 1. The lowest BCUT2D eigenvalue weighted by molar-refractivity contribution is 0.0702. The van der Waals surface area contributed by atoms with E-state index in [2.05, 4.69) is 5.32 Å². The van der Waals surface area contributed by atoms with Crippen LogP contribution in [0.5, 0.6) is 0 Å². The molecular formula is C16H18N2O4S. The topological polar surface area (TPSA) is 79.6 Å². The summed E-state index contributed by atoms with van der Waals surface area (Å²) in [4.78, 5) is 14.4. The standard InChI is InChI=1S/C16H18N2O4S/c19-16(18-9-7-17-8-10-18)15-13(6-11-22-15)12-23(20,21)14-4-2-1-3-5-14/h1-6,11,17H,7-10,12H2. The van der Waals surface area contributed by atoms with Crippen molar-refractivity contribution in [2.45, 2.75) is 10.6 Å². The Labute approximate surface area is 135 Å². The minimum absolute atomic E-state index is 0.117. The summed E-state index contributed by atoms with van der Waals surface area (Å²) in [6.45, 7) is 2.63. The van der Waals surface area contributed by atoms with Crippen LogP contribution in [-0.4, -0.2) is 45.4 Å². The van der Waals surface area contributed by atoms with Crippen LogP contribution in [0.4, 0.5) is 0 Å². The second-order valence-corrected chi connectivity index (χ2v) is 7.38. The molecule has 2 aromatic rings. The molecule has 0 aliphatic carbocycles. The predicted octanol–water partition coefficient (Wildman–Crippen LogP) is 1.30. The average Bonchev–Trinajstić information content (AvgIpc) is 3.03. The van der Waals surface area contributed by atoms with Gasteiger partial charge >= 0.3 is 0 Å². The van der Waals surface area contributed by atoms with Gasteiger partial charge in [0.05, 0.1) is 16.9 Å². The van der Waals surface area contributed by atoms with Gasteiger partial charge in [0, 0.05) is 31.7 Å². The number of benzene rings is 1. The lowest BCUT2D eigenvalue weighted by atomic mass is 10.2. The third-order valence-electron chi connectivity index (χ3n) is 3.79. The molecule has 0 radical (unpaired) electrons. The molecule has 1 aliphatic rings. The Morgan fingerprint density at radius 1 is 1.13 bits per heavy atom. The highest BCUT2D eigenvalue weighted by Gasteiger charge is 2.26. The molecule has 122 valence electrons. The predicted molar refractivity (Wildman–Crippen MR) is 84.8 cm³/mol. The Balaban J connectivity index is 1.82. The molecular weight excluding hydrogens is 316 g/mol. The second-order valence-electron chi connectivity index (χ2n) is 5.39. The first-order valence-electron chi connectivity index (χ1n) is 7.42. The monoisotopic (exact) mass is 334 g/mol. The molecule has 6 nitrogen and oxygen atoms in total. The van der Waals surface area contributed by atoms with Crippen molar-refractivity contribution in [3.63, 3.8) is 0 Å². The molecule has 1 amide bonds. The maximum absolute atomic E-state index is 12.5. The van der Waals surface area contributed by atoms with Crippen LogP contribution in [0.15, 0.2) is 52.0 Å². The summed E-state index contributed by atoms with van der Waals surface area (Å²) >= 11 is 0. The summed E-state index contributed by atoms with van der Waals surface area (Å²) in [5, 5.41) is 3.17. The maximum atomic E-state index is 12.5. The zero-order valence-corrected chi connectivity index (χ0v) is 13.4. The Bertz CT molecular complexity index is 777. The lowest BCUT2D eigenvalue weighted by Crippen LogP contribution is -2.46. The largest absolute Gasteiger partial charge is 0.459 e. The number of nitrogens with one attached hydrogen (secondary N) is 1. The first kappa shape index (κ1) is 15.8. The van der Waals surface area contributed by atoms with Crippen molar-refractivity contribution in [3.05, 3.63) is 54.0 Å². The smallest absolute Gasteiger partial charge is 0.289 e. The Kier molecular flexibility index (Phi) is 4.49. The van der Waals surface area contributed by atoms with Crippen molar-refractivity contribution in [1.29, 1.82) is 0 Å². The number of piperazine rings is 1. The number of amides is 1. The van der Waals surface area contributed by atoms with Crippen LogP contribution in [0.3, 0.4) is 0 Å². The van der Waals surface area contributed by atoms with Gasteiger partial charge in [-0.25, -0.2) is 8.42 Å². The third kappa shape index (κ3) is 3.46. The number of nitrogens with zero attached hydrogens (tertiary/aromatic N) is 1. The molecule has 0 saturated carbocycles. The number of rotatable bonds is 4. The van der Waals surface area contributed by atoms with E-state index in [-0.39, 0.29) is 22.3 Å². The van der Waals surface area contributed by atoms with E-state index in [9.17, 15) is 13.2 Å². The number of hydrogen-bond donors (Lipinski definition) is 1. The van der Waals surface area contributed by atoms with E-state index < -0.39 is 9.84 Å². The average molecular weight is 334 g/mol. The highest BCUT2D eigenvalue weighted by molar-refractivity contribution is 7.90. The molecule has 2 heterocycles. The van der Waals surface area contributed by atoms with Gasteiger partial charge in [-0.3, -0.25) is 4.79 Å². The number of hydrogen-bond acceptors (Lipinski definition) is 5. The van der Waals surface area contributed by atoms with E-state index in [1.54, 1.807) is 41.3 Å². The van der Waals surface area contributed by atoms with Gasteiger partial charge < -0.3 is 14.6 Å². The second kappa shape index (κ2) is 6.55. The van der Waals surface area contributed by atoms with E-state index in [0.717, 1.165) is 13.1 Å². The Morgan fingerprint density at radius 2 is 1.83 bits per heavy atom. The van der Waals surface area contributed by atoms with E-state index in [0.29, 0.717) is 18.7 Å². The van der Waals surface area contributed by atoms with Crippen molar-refractivity contribution < 1.29 is 17.6 Å². The quantitative estimate of drug-likeness (QED) is 0.912. The third-order valence-corrected chi connectivity index (χ3v) is 5.47. The van der Waals surface area contributed by atoms with Crippen molar-refractivity contribution in [3.8, 4) is 0 Å². The minimum Gasteiger partial charge on any atom is -0.459 e. The highest BCUT2D eigenvalue weighted by Crippen LogP contribution is 2.21. The van der Waals surface area contributed by atoms with Crippen LogP contribution in [0, 0.1) is 0 Å². The number of carbonyl (C=O) groups excluding carboxylic acids is 1. The summed E-state index contributed by atoms with van der Waals surface area (Å²) in [7, 11) is -3.51. The van der Waals surface area contributed by atoms with E-state index in [4.69, 9.17) is 4.42 Å². The molecule has 0 bridgehead atoms. The summed E-state index contributed by atoms with van der Waals surface area (Å²) < 4.78 is 30.2. The van der Waals surface area contributed by atoms with Crippen molar-refractivity contribution >= 4 is 15.7 Å². The normalized spacial score (nSPS) is 15.6. The van der Waals surface area contributed by atoms with Crippen LogP contribution in [0.1, 0.15) is 16.1 Å². The summed E-state index contributed by atoms with van der Waals surface area (Å²) in [5.41, 5.74) is 0.400. The molecule has 0 unspecified atom stereocenters. The zero-order valence-electron chi connectivity index (χ0n) is 12.6. The lowest BCUT2D eigenvalue weighted by Gasteiger charge is -2.26. The first-order chi connectivity index (χ1) is 11.1. The van der Waals surface area contributed by atoms with Crippen LogP contribution in [0.25, 0.3) is 0 Å². The fraction of sp³-hybridized carbons (Fsp3) is 0.312. The van der Waals surface area contributed by atoms with E-state index in [1.165, 1.54) is 6.26 Å². The maximum Gasteiger partial charge on any atom is 0.289 e. The summed E-state index contributed by atoms with van der Waals surface area (Å²) in [6, 6.07) is 9.76. The van der Waals surface area contributed by atoms with Gasteiger partial charge in [0.2, 0.25) is 0 Å². The fourth-order valence-electron chi connectivity index (χ4n) is 2.56. The van der Waals surface area contributed by atoms with Crippen LogP contribution in [0.2, 0.25) is 0 Å². The molecule has 1 saturated heterocycles. The SMILES string of the molecule is O=C(c1occc1CS(=O)(=O)c1ccccc1)N1CCNCC1. The van der Waals surface area contributed by atoms with Gasteiger partial charge in [-0.05, 0) is 18.2 Å². The van der Waals surface area contributed by atoms with Crippen LogP contribution >= 0.6 is 0 Å². The molecule has 1 aromatic carbocycles. The van der Waals surface area contributed by atoms with Crippen molar-refractivity contribution in [1.82, 2.24) is 10.2 Å². The molecule has 7 heteroatoms. The van der Waals surface area contributed by atoms with Gasteiger partial charge in [0.15, 0.2) is 15.6 Å². The highest BCUT2D eigenvalue weighted by atomic mass is 32.2. The van der Waals surface area contributed by atoms with Gasteiger partial charge in [-0.1, -0.05) is 18.2 Å². The molecule has 1 aliphatic heterocycles. The number of furan rings is 1. The minimum atomic E-state index is -3.51. The molecule has 1 fully saturated rings. The van der Waals surface area contributed by atoms with Gasteiger partial charge in [-0.2, -0.15) is 0 Å². The van der Waals surface area contributed by atoms with Crippen LogP contribution < -0.4 is 5.32 Å². The van der Waals surface area contributed by atoms with Crippen LogP contribution in [-0.2, 0) is 15.6 Å². The van der Waals surface area contributed by atoms with Gasteiger partial charge in [0.1, 0.15) is 0 Å². The summed E-state index contributed by atoms with van der Waals surface area (Å²) in [5.74, 6) is -0.387. The van der Waals surface area contributed by atoms with Crippen molar-refractivity contribution in [2.24, 2.45) is 0 Å². The molecule has 1 aromatic heterocycles. The Morgan fingerprint density at radius 3 is 2.52 bits per heavy atom.